The van der Waals surface area contributed by atoms with Crippen LogP contribution < -0.4 is 25.9 Å². The van der Waals surface area contributed by atoms with Gasteiger partial charge < -0.3 is 20.5 Å². The number of amides is 3. The maximum Gasteiger partial charge on any atom is 0.332 e. The van der Waals surface area contributed by atoms with Crippen LogP contribution in [0.2, 0.25) is 0 Å². The van der Waals surface area contributed by atoms with Gasteiger partial charge in [-0.3, -0.25) is 4.79 Å². The van der Waals surface area contributed by atoms with Crippen LogP contribution in [-0.4, -0.2) is 31.9 Å². The number of halogens is 1. The molecule has 0 saturated heterocycles. The van der Waals surface area contributed by atoms with Gasteiger partial charge in [-0.2, -0.15) is 5.10 Å². The molecular formula is C18H19BrN4O4. The molecule has 0 heterocycles. The standard InChI is InChI=1S/C18H19BrN4O4/c1-26-15-7-13(10-22-23-18(20)25)14(19)8-16(15)27-11-17(24)21-9-12-5-3-2-4-6-12/h2-8,10H,9,11H2,1H3,(H,21,24)(H3,20,23,25). The first-order valence-electron chi connectivity index (χ1n) is 7.89. The van der Waals surface area contributed by atoms with Crippen LogP contribution in [0, 0.1) is 0 Å². The van der Waals surface area contributed by atoms with Crippen LogP contribution in [0.4, 0.5) is 4.79 Å². The molecule has 8 nitrogen and oxygen atoms in total. The molecule has 0 aliphatic rings. The van der Waals surface area contributed by atoms with E-state index in [1.165, 1.54) is 13.3 Å². The third-order valence-corrected chi connectivity index (χ3v) is 4.04. The molecular weight excluding hydrogens is 416 g/mol. The van der Waals surface area contributed by atoms with Crippen LogP contribution in [0.1, 0.15) is 11.1 Å². The highest BCUT2D eigenvalue weighted by Crippen LogP contribution is 2.32. The van der Waals surface area contributed by atoms with Gasteiger partial charge in [-0.05, 0) is 33.6 Å². The predicted octanol–water partition coefficient (Wildman–Crippen LogP) is 2.16. The van der Waals surface area contributed by atoms with E-state index in [9.17, 15) is 9.59 Å². The van der Waals surface area contributed by atoms with Crippen molar-refractivity contribution >= 4 is 34.1 Å². The lowest BCUT2D eigenvalue weighted by atomic mass is 10.2. The van der Waals surface area contributed by atoms with Crippen LogP contribution >= 0.6 is 15.9 Å². The molecule has 0 bridgehead atoms. The number of hydrazone groups is 1. The van der Waals surface area contributed by atoms with E-state index in [0.29, 0.717) is 28.1 Å². The highest BCUT2D eigenvalue weighted by Gasteiger charge is 2.11. The number of nitrogens with two attached hydrogens (primary N) is 1. The number of carbonyl (C=O) groups excluding carboxylic acids is 2. The summed E-state index contributed by atoms with van der Waals surface area (Å²) in [6, 6.07) is 12.1. The Morgan fingerprint density at radius 1 is 1.22 bits per heavy atom. The SMILES string of the molecule is COc1cc(C=NNC(N)=O)c(Br)cc1OCC(=O)NCc1ccccc1. The van der Waals surface area contributed by atoms with Crippen LogP contribution in [-0.2, 0) is 11.3 Å². The van der Waals surface area contributed by atoms with Gasteiger partial charge >= 0.3 is 6.03 Å². The van der Waals surface area contributed by atoms with E-state index in [4.69, 9.17) is 15.2 Å². The van der Waals surface area contributed by atoms with E-state index in [1.807, 2.05) is 30.3 Å². The van der Waals surface area contributed by atoms with Gasteiger partial charge in [0.05, 0.1) is 13.3 Å². The van der Waals surface area contributed by atoms with E-state index in [0.717, 1.165) is 5.56 Å². The number of nitrogens with zero attached hydrogens (tertiary/aromatic N) is 1. The van der Waals surface area contributed by atoms with E-state index >= 15 is 0 Å². The second-order valence-electron chi connectivity index (χ2n) is 5.31. The number of benzene rings is 2. The molecule has 0 spiro atoms. The first-order chi connectivity index (χ1) is 13.0. The summed E-state index contributed by atoms with van der Waals surface area (Å²) >= 11 is 3.37. The lowest BCUT2D eigenvalue weighted by Gasteiger charge is -2.12. The van der Waals surface area contributed by atoms with Crippen LogP contribution in [0.15, 0.2) is 52.0 Å². The third kappa shape index (κ3) is 6.63. The lowest BCUT2D eigenvalue weighted by Crippen LogP contribution is -2.28. The Balaban J connectivity index is 1.96. The van der Waals surface area contributed by atoms with E-state index < -0.39 is 6.03 Å². The lowest BCUT2D eigenvalue weighted by molar-refractivity contribution is -0.123. The topological polar surface area (TPSA) is 115 Å². The maximum absolute atomic E-state index is 12.0. The maximum atomic E-state index is 12.0. The molecule has 0 unspecified atom stereocenters. The van der Waals surface area contributed by atoms with Gasteiger partial charge in [0.1, 0.15) is 0 Å². The number of primary amides is 1. The molecule has 3 amide bonds. The molecule has 0 radical (unpaired) electrons. The molecule has 0 aliphatic heterocycles. The van der Waals surface area contributed by atoms with Crippen molar-refractivity contribution in [2.75, 3.05) is 13.7 Å². The van der Waals surface area contributed by atoms with E-state index in [2.05, 4.69) is 31.8 Å². The summed E-state index contributed by atoms with van der Waals surface area (Å²) in [6.45, 7) is 0.262. The van der Waals surface area contributed by atoms with E-state index in [1.54, 1.807) is 12.1 Å². The summed E-state index contributed by atoms with van der Waals surface area (Å²) in [6.07, 6.45) is 1.40. The second-order valence-corrected chi connectivity index (χ2v) is 6.16. The normalized spacial score (nSPS) is 10.4. The summed E-state index contributed by atoms with van der Waals surface area (Å²) in [4.78, 5) is 22.6. The third-order valence-electron chi connectivity index (χ3n) is 3.35. The highest BCUT2D eigenvalue weighted by molar-refractivity contribution is 9.10. The number of rotatable bonds is 8. The Bertz CT molecular complexity index is 828. The molecule has 9 heteroatoms. The minimum atomic E-state index is -0.768. The summed E-state index contributed by atoms with van der Waals surface area (Å²) in [7, 11) is 1.48. The molecule has 27 heavy (non-hydrogen) atoms. The second kappa shape index (κ2) is 10.2. The minimum absolute atomic E-state index is 0.160. The van der Waals surface area contributed by atoms with Crippen molar-refractivity contribution in [1.82, 2.24) is 10.7 Å². The van der Waals surface area contributed by atoms with Crippen molar-refractivity contribution in [3.63, 3.8) is 0 Å². The Morgan fingerprint density at radius 3 is 2.63 bits per heavy atom. The van der Waals surface area contributed by atoms with Gasteiger partial charge in [0.25, 0.3) is 5.91 Å². The minimum Gasteiger partial charge on any atom is -0.493 e. The highest BCUT2D eigenvalue weighted by atomic mass is 79.9. The Labute approximate surface area is 164 Å². The van der Waals surface area contributed by atoms with Crippen molar-refractivity contribution < 1.29 is 19.1 Å². The predicted molar refractivity (Wildman–Crippen MR) is 105 cm³/mol. The largest absolute Gasteiger partial charge is 0.493 e. The Morgan fingerprint density at radius 2 is 1.96 bits per heavy atom. The first-order valence-corrected chi connectivity index (χ1v) is 8.68. The summed E-state index contributed by atoms with van der Waals surface area (Å²) < 4.78 is 11.5. The smallest absolute Gasteiger partial charge is 0.332 e. The van der Waals surface area contributed by atoms with Crippen molar-refractivity contribution in [3.05, 3.63) is 58.1 Å². The fraction of sp³-hybridized carbons (Fsp3) is 0.167. The molecule has 0 aromatic heterocycles. The average Bonchev–Trinajstić information content (AvgIpc) is 2.66. The van der Waals surface area contributed by atoms with Gasteiger partial charge in [-0.25, -0.2) is 10.2 Å². The summed E-state index contributed by atoms with van der Waals surface area (Å²) in [5.74, 6) is 0.544. The van der Waals surface area contributed by atoms with Gasteiger partial charge in [-0.1, -0.05) is 30.3 Å². The molecule has 0 atom stereocenters. The summed E-state index contributed by atoms with van der Waals surface area (Å²) in [5, 5.41) is 6.48. The fourth-order valence-electron chi connectivity index (χ4n) is 2.08. The molecule has 4 N–H and O–H groups in total. The number of hydrogen-bond acceptors (Lipinski definition) is 5. The molecule has 2 rings (SSSR count). The van der Waals surface area contributed by atoms with Crippen LogP contribution in [0.25, 0.3) is 0 Å². The molecule has 142 valence electrons. The van der Waals surface area contributed by atoms with E-state index in [-0.39, 0.29) is 12.5 Å². The van der Waals surface area contributed by atoms with Gasteiger partial charge in [-0.15, -0.1) is 0 Å². The zero-order chi connectivity index (χ0) is 19.6. The number of methoxy groups -OCH3 is 1. The monoisotopic (exact) mass is 434 g/mol. The van der Waals surface area contributed by atoms with Crippen molar-refractivity contribution in [1.29, 1.82) is 0 Å². The molecule has 2 aromatic rings. The average molecular weight is 435 g/mol. The number of nitrogens with one attached hydrogen (secondary N) is 2. The number of carbonyl (C=O) groups is 2. The van der Waals surface area contributed by atoms with Crippen LogP contribution in [0.5, 0.6) is 11.5 Å². The molecule has 0 aliphatic carbocycles. The molecule has 0 fully saturated rings. The fourth-order valence-corrected chi connectivity index (χ4v) is 2.50. The van der Waals surface area contributed by atoms with Gasteiger partial charge in [0.15, 0.2) is 18.1 Å². The molecule has 2 aromatic carbocycles. The zero-order valence-electron chi connectivity index (χ0n) is 14.6. The quantitative estimate of drug-likeness (QED) is 0.435. The van der Waals surface area contributed by atoms with Crippen molar-refractivity contribution in [2.45, 2.75) is 6.54 Å². The van der Waals surface area contributed by atoms with Crippen molar-refractivity contribution in [2.24, 2.45) is 10.8 Å². The number of urea groups is 1. The van der Waals surface area contributed by atoms with Gasteiger partial charge in [0, 0.05) is 16.6 Å². The molecule has 0 saturated carbocycles. The van der Waals surface area contributed by atoms with Crippen molar-refractivity contribution in [3.8, 4) is 11.5 Å². The van der Waals surface area contributed by atoms with Crippen LogP contribution in [0.3, 0.4) is 0 Å². The first kappa shape index (κ1) is 20.2. The number of ether oxygens (including phenoxy) is 2. The zero-order valence-corrected chi connectivity index (χ0v) is 16.2. The van der Waals surface area contributed by atoms with Gasteiger partial charge in [0.2, 0.25) is 0 Å². The Hall–Kier alpha value is -3.07. The summed E-state index contributed by atoms with van der Waals surface area (Å²) in [5.41, 5.74) is 8.68. The Kier molecular flexibility index (Phi) is 7.63. The number of hydrogen-bond donors (Lipinski definition) is 3.